The molecule has 0 fully saturated rings. The SMILES string of the molecule is Cc1ccc(N(c2ccc(C)c(C)c2)c2cccs2)cc1. The fourth-order valence-corrected chi connectivity index (χ4v) is 3.13. The lowest BCUT2D eigenvalue weighted by Gasteiger charge is -2.24. The molecule has 2 heteroatoms. The Morgan fingerprint density at radius 2 is 1.48 bits per heavy atom. The van der Waals surface area contributed by atoms with Gasteiger partial charge in [-0.05, 0) is 73.7 Å². The van der Waals surface area contributed by atoms with Crippen LogP contribution in [0.1, 0.15) is 16.7 Å². The highest BCUT2D eigenvalue weighted by molar-refractivity contribution is 7.14. The molecular weight excluding hydrogens is 274 g/mol. The molecule has 0 spiro atoms. The number of hydrogen-bond acceptors (Lipinski definition) is 2. The summed E-state index contributed by atoms with van der Waals surface area (Å²) in [5, 5.41) is 3.36. The Labute approximate surface area is 130 Å². The maximum absolute atomic E-state index is 2.32. The zero-order valence-corrected chi connectivity index (χ0v) is 13.4. The van der Waals surface area contributed by atoms with E-state index in [1.165, 1.54) is 33.1 Å². The van der Waals surface area contributed by atoms with E-state index < -0.39 is 0 Å². The van der Waals surface area contributed by atoms with Crippen molar-refractivity contribution in [3.05, 3.63) is 76.7 Å². The highest BCUT2D eigenvalue weighted by atomic mass is 32.1. The summed E-state index contributed by atoms with van der Waals surface area (Å²) in [5.74, 6) is 0. The van der Waals surface area contributed by atoms with E-state index in [4.69, 9.17) is 0 Å². The molecule has 0 aliphatic rings. The Morgan fingerprint density at radius 3 is 2.10 bits per heavy atom. The molecule has 0 amide bonds. The lowest BCUT2D eigenvalue weighted by atomic mass is 10.1. The number of rotatable bonds is 3. The molecule has 21 heavy (non-hydrogen) atoms. The van der Waals surface area contributed by atoms with Gasteiger partial charge in [0.05, 0.1) is 5.00 Å². The Bertz CT molecular complexity index is 727. The third-order valence-electron chi connectivity index (χ3n) is 3.77. The van der Waals surface area contributed by atoms with Gasteiger partial charge in [0.2, 0.25) is 0 Å². The molecule has 1 nitrogen and oxygen atoms in total. The van der Waals surface area contributed by atoms with Crippen LogP contribution in [0.2, 0.25) is 0 Å². The molecule has 0 atom stereocenters. The van der Waals surface area contributed by atoms with Crippen molar-refractivity contribution < 1.29 is 0 Å². The molecule has 0 saturated heterocycles. The summed E-state index contributed by atoms with van der Waals surface area (Å²) in [4.78, 5) is 2.32. The van der Waals surface area contributed by atoms with E-state index in [9.17, 15) is 0 Å². The predicted octanol–water partition coefficient (Wildman–Crippen LogP) is 6.14. The third-order valence-corrected chi connectivity index (χ3v) is 4.62. The van der Waals surface area contributed by atoms with Crippen LogP contribution in [0.3, 0.4) is 0 Å². The first kappa shape index (κ1) is 13.9. The predicted molar refractivity (Wildman–Crippen MR) is 93.2 cm³/mol. The van der Waals surface area contributed by atoms with E-state index >= 15 is 0 Å². The Balaban J connectivity index is 2.12. The minimum atomic E-state index is 1.20. The first-order valence-corrected chi connectivity index (χ1v) is 8.01. The van der Waals surface area contributed by atoms with Gasteiger partial charge in [0.1, 0.15) is 0 Å². The Morgan fingerprint density at radius 1 is 0.762 bits per heavy atom. The van der Waals surface area contributed by atoms with Crippen LogP contribution >= 0.6 is 11.3 Å². The van der Waals surface area contributed by atoms with Crippen molar-refractivity contribution in [1.29, 1.82) is 0 Å². The standard InChI is InChI=1S/C19H19NS/c1-14-6-9-17(10-7-14)20(19-5-4-12-21-19)18-11-8-15(2)16(3)13-18/h4-13H,1-3H3. The van der Waals surface area contributed by atoms with Gasteiger partial charge >= 0.3 is 0 Å². The van der Waals surface area contributed by atoms with Crippen molar-refractivity contribution in [3.8, 4) is 0 Å². The minimum Gasteiger partial charge on any atom is -0.302 e. The van der Waals surface area contributed by atoms with Crippen LogP contribution in [0, 0.1) is 20.8 Å². The molecule has 3 aromatic rings. The monoisotopic (exact) mass is 293 g/mol. The summed E-state index contributed by atoms with van der Waals surface area (Å²) < 4.78 is 0. The topological polar surface area (TPSA) is 3.24 Å². The highest BCUT2D eigenvalue weighted by Crippen LogP contribution is 2.37. The molecule has 0 aliphatic carbocycles. The first-order valence-electron chi connectivity index (χ1n) is 7.13. The van der Waals surface area contributed by atoms with Gasteiger partial charge in [0.15, 0.2) is 0 Å². The van der Waals surface area contributed by atoms with Gasteiger partial charge < -0.3 is 4.90 Å². The summed E-state index contributed by atoms with van der Waals surface area (Å²) in [6.45, 7) is 6.44. The molecule has 1 heterocycles. The van der Waals surface area contributed by atoms with Crippen LogP contribution in [0.5, 0.6) is 0 Å². The summed E-state index contributed by atoms with van der Waals surface area (Å²) in [7, 11) is 0. The summed E-state index contributed by atoms with van der Waals surface area (Å²) in [6, 6.07) is 19.6. The van der Waals surface area contributed by atoms with E-state index in [-0.39, 0.29) is 0 Å². The number of aryl methyl sites for hydroxylation is 3. The molecule has 2 aromatic carbocycles. The van der Waals surface area contributed by atoms with E-state index in [0.717, 1.165) is 0 Å². The zero-order chi connectivity index (χ0) is 14.8. The van der Waals surface area contributed by atoms with Gasteiger partial charge in [-0.2, -0.15) is 0 Å². The van der Waals surface area contributed by atoms with Gasteiger partial charge in [0.25, 0.3) is 0 Å². The summed E-state index contributed by atoms with van der Waals surface area (Å²) >= 11 is 1.76. The summed E-state index contributed by atoms with van der Waals surface area (Å²) in [6.07, 6.45) is 0. The Kier molecular flexibility index (Phi) is 3.80. The molecule has 0 aliphatic heterocycles. The van der Waals surface area contributed by atoms with E-state index in [1.807, 2.05) is 0 Å². The molecule has 0 N–H and O–H groups in total. The lowest BCUT2D eigenvalue weighted by Crippen LogP contribution is -2.08. The second-order valence-electron chi connectivity index (χ2n) is 5.39. The number of benzene rings is 2. The van der Waals surface area contributed by atoms with E-state index in [1.54, 1.807) is 11.3 Å². The Hall–Kier alpha value is -2.06. The number of hydrogen-bond donors (Lipinski definition) is 0. The van der Waals surface area contributed by atoms with Crippen LogP contribution in [0.25, 0.3) is 0 Å². The molecule has 106 valence electrons. The fraction of sp³-hybridized carbons (Fsp3) is 0.158. The van der Waals surface area contributed by atoms with Crippen molar-refractivity contribution in [2.45, 2.75) is 20.8 Å². The van der Waals surface area contributed by atoms with Gasteiger partial charge in [-0.3, -0.25) is 0 Å². The van der Waals surface area contributed by atoms with Gasteiger partial charge in [-0.1, -0.05) is 23.8 Å². The van der Waals surface area contributed by atoms with Gasteiger partial charge in [0, 0.05) is 11.4 Å². The minimum absolute atomic E-state index is 1.20. The first-order chi connectivity index (χ1) is 10.1. The van der Waals surface area contributed by atoms with E-state index in [2.05, 4.69) is 85.6 Å². The van der Waals surface area contributed by atoms with Crippen LogP contribution in [-0.2, 0) is 0 Å². The molecule has 0 saturated carbocycles. The van der Waals surface area contributed by atoms with Gasteiger partial charge in [-0.15, -0.1) is 11.3 Å². The van der Waals surface area contributed by atoms with Crippen LogP contribution in [0.15, 0.2) is 60.0 Å². The molecule has 3 rings (SSSR count). The lowest BCUT2D eigenvalue weighted by molar-refractivity contribution is 1.26. The van der Waals surface area contributed by atoms with Crippen molar-refractivity contribution in [1.82, 2.24) is 0 Å². The maximum atomic E-state index is 2.32. The van der Waals surface area contributed by atoms with Crippen molar-refractivity contribution in [2.75, 3.05) is 4.90 Å². The average Bonchev–Trinajstić information content (AvgIpc) is 2.99. The van der Waals surface area contributed by atoms with Crippen LogP contribution in [0.4, 0.5) is 16.4 Å². The highest BCUT2D eigenvalue weighted by Gasteiger charge is 2.13. The smallest absolute Gasteiger partial charge is 0.0999 e. The van der Waals surface area contributed by atoms with Gasteiger partial charge in [-0.25, -0.2) is 0 Å². The molecular formula is C19H19NS. The second-order valence-corrected chi connectivity index (χ2v) is 6.32. The third kappa shape index (κ3) is 2.86. The van der Waals surface area contributed by atoms with Crippen LogP contribution < -0.4 is 4.90 Å². The maximum Gasteiger partial charge on any atom is 0.0999 e. The molecule has 0 radical (unpaired) electrons. The summed E-state index contributed by atoms with van der Waals surface area (Å²) in [5.41, 5.74) is 6.34. The largest absolute Gasteiger partial charge is 0.302 e. The molecule has 1 aromatic heterocycles. The van der Waals surface area contributed by atoms with Crippen molar-refractivity contribution >= 4 is 27.7 Å². The zero-order valence-electron chi connectivity index (χ0n) is 12.6. The fourth-order valence-electron chi connectivity index (χ4n) is 2.36. The average molecular weight is 293 g/mol. The molecule has 0 bridgehead atoms. The normalized spacial score (nSPS) is 10.6. The quantitative estimate of drug-likeness (QED) is 0.560. The molecule has 0 unspecified atom stereocenters. The van der Waals surface area contributed by atoms with Crippen LogP contribution in [-0.4, -0.2) is 0 Å². The van der Waals surface area contributed by atoms with Crippen molar-refractivity contribution in [2.24, 2.45) is 0 Å². The number of thiophene rings is 1. The number of anilines is 3. The number of nitrogens with zero attached hydrogens (tertiary/aromatic N) is 1. The second kappa shape index (κ2) is 5.74. The van der Waals surface area contributed by atoms with Crippen molar-refractivity contribution in [3.63, 3.8) is 0 Å². The van der Waals surface area contributed by atoms with E-state index in [0.29, 0.717) is 0 Å².